The van der Waals surface area contributed by atoms with E-state index < -0.39 is 11.9 Å². The van der Waals surface area contributed by atoms with Crippen molar-refractivity contribution < 1.29 is 14.6 Å². The number of halogens is 1. The number of hydrogen-bond donors (Lipinski definition) is 3. The SMILES string of the molecule is Nc1ccc(F)cc1C(O)Cc1cccc(O)c1. The number of aliphatic hydroxyl groups excluding tert-OH is 1. The van der Waals surface area contributed by atoms with Crippen LogP contribution in [0.3, 0.4) is 0 Å². The summed E-state index contributed by atoms with van der Waals surface area (Å²) >= 11 is 0. The molecule has 2 aromatic carbocycles. The molecule has 2 rings (SSSR count). The lowest BCUT2D eigenvalue weighted by molar-refractivity contribution is 0.178. The summed E-state index contributed by atoms with van der Waals surface area (Å²) in [6.45, 7) is 0. The summed E-state index contributed by atoms with van der Waals surface area (Å²) in [5.74, 6) is -0.305. The first-order valence-electron chi connectivity index (χ1n) is 5.57. The summed E-state index contributed by atoms with van der Waals surface area (Å²) in [7, 11) is 0. The molecule has 0 amide bonds. The van der Waals surface area contributed by atoms with E-state index in [1.165, 1.54) is 18.2 Å². The Kier molecular flexibility index (Phi) is 3.48. The Labute approximate surface area is 104 Å². The molecule has 4 heteroatoms. The fourth-order valence-corrected chi connectivity index (χ4v) is 1.85. The average Bonchev–Trinajstić information content (AvgIpc) is 2.32. The Hall–Kier alpha value is -2.07. The highest BCUT2D eigenvalue weighted by Crippen LogP contribution is 2.25. The zero-order chi connectivity index (χ0) is 13.1. The number of anilines is 1. The Morgan fingerprint density at radius 3 is 2.67 bits per heavy atom. The third kappa shape index (κ3) is 2.78. The van der Waals surface area contributed by atoms with Crippen LogP contribution in [-0.2, 0) is 6.42 Å². The van der Waals surface area contributed by atoms with Crippen molar-refractivity contribution in [3.05, 3.63) is 59.4 Å². The normalized spacial score (nSPS) is 12.3. The van der Waals surface area contributed by atoms with Crippen molar-refractivity contribution in [2.24, 2.45) is 0 Å². The van der Waals surface area contributed by atoms with Crippen LogP contribution in [0.2, 0.25) is 0 Å². The molecule has 0 saturated carbocycles. The molecule has 18 heavy (non-hydrogen) atoms. The number of benzene rings is 2. The number of nitrogens with two attached hydrogens (primary N) is 1. The van der Waals surface area contributed by atoms with Crippen LogP contribution in [0.15, 0.2) is 42.5 Å². The van der Waals surface area contributed by atoms with Crippen LogP contribution in [0.5, 0.6) is 5.75 Å². The van der Waals surface area contributed by atoms with Crippen LogP contribution in [-0.4, -0.2) is 10.2 Å². The van der Waals surface area contributed by atoms with E-state index in [2.05, 4.69) is 0 Å². The zero-order valence-corrected chi connectivity index (χ0v) is 9.68. The maximum atomic E-state index is 13.1. The Balaban J connectivity index is 2.21. The van der Waals surface area contributed by atoms with Gasteiger partial charge >= 0.3 is 0 Å². The molecule has 94 valence electrons. The maximum Gasteiger partial charge on any atom is 0.123 e. The molecule has 4 N–H and O–H groups in total. The number of aliphatic hydroxyl groups is 1. The molecule has 1 unspecified atom stereocenters. The third-order valence-electron chi connectivity index (χ3n) is 2.75. The minimum absolute atomic E-state index is 0.131. The minimum atomic E-state index is -0.900. The number of nitrogen functional groups attached to an aromatic ring is 1. The number of rotatable bonds is 3. The highest BCUT2D eigenvalue weighted by Gasteiger charge is 2.13. The van der Waals surface area contributed by atoms with Gasteiger partial charge in [-0.05, 0) is 35.9 Å². The van der Waals surface area contributed by atoms with Gasteiger partial charge in [0.1, 0.15) is 11.6 Å². The molecule has 0 radical (unpaired) electrons. The van der Waals surface area contributed by atoms with Crippen LogP contribution in [0.25, 0.3) is 0 Å². The summed E-state index contributed by atoms with van der Waals surface area (Å²) in [6, 6.07) is 10.5. The molecule has 0 aromatic heterocycles. The van der Waals surface area contributed by atoms with E-state index in [0.29, 0.717) is 11.3 Å². The van der Waals surface area contributed by atoms with Gasteiger partial charge in [-0.1, -0.05) is 12.1 Å². The predicted octanol–water partition coefficient (Wildman–Crippen LogP) is 2.39. The monoisotopic (exact) mass is 247 g/mol. The molecule has 0 fully saturated rings. The molecule has 0 bridgehead atoms. The van der Waals surface area contributed by atoms with Crippen molar-refractivity contribution in [3.8, 4) is 5.75 Å². The summed E-state index contributed by atoms with van der Waals surface area (Å²) in [6.07, 6.45) is -0.635. The Morgan fingerprint density at radius 1 is 1.17 bits per heavy atom. The average molecular weight is 247 g/mol. The van der Waals surface area contributed by atoms with Crippen molar-refractivity contribution in [2.45, 2.75) is 12.5 Å². The second kappa shape index (κ2) is 5.06. The lowest BCUT2D eigenvalue weighted by atomic mass is 10.00. The zero-order valence-electron chi connectivity index (χ0n) is 9.68. The smallest absolute Gasteiger partial charge is 0.123 e. The quantitative estimate of drug-likeness (QED) is 0.729. The maximum absolute atomic E-state index is 13.1. The summed E-state index contributed by atoms with van der Waals surface area (Å²) < 4.78 is 13.1. The van der Waals surface area contributed by atoms with Crippen molar-refractivity contribution in [2.75, 3.05) is 5.73 Å². The number of hydrogen-bond acceptors (Lipinski definition) is 3. The van der Waals surface area contributed by atoms with Gasteiger partial charge < -0.3 is 15.9 Å². The Morgan fingerprint density at radius 2 is 1.94 bits per heavy atom. The topological polar surface area (TPSA) is 66.5 Å². The van der Waals surface area contributed by atoms with Gasteiger partial charge in [0.15, 0.2) is 0 Å². The molecule has 1 atom stereocenters. The van der Waals surface area contributed by atoms with Gasteiger partial charge in [-0.3, -0.25) is 0 Å². The molecule has 3 nitrogen and oxygen atoms in total. The standard InChI is InChI=1S/C14H14FNO2/c15-10-4-5-13(16)12(8-10)14(18)7-9-2-1-3-11(17)6-9/h1-6,8,14,17-18H,7,16H2. The molecule has 0 aliphatic carbocycles. The number of phenolic OH excluding ortho intramolecular Hbond substituents is 1. The van der Waals surface area contributed by atoms with Gasteiger partial charge in [-0.25, -0.2) is 4.39 Å². The highest BCUT2D eigenvalue weighted by molar-refractivity contribution is 5.48. The van der Waals surface area contributed by atoms with Crippen LogP contribution < -0.4 is 5.73 Å². The van der Waals surface area contributed by atoms with Crippen molar-refractivity contribution in [1.29, 1.82) is 0 Å². The third-order valence-corrected chi connectivity index (χ3v) is 2.75. The van der Waals surface area contributed by atoms with Gasteiger partial charge in [-0.2, -0.15) is 0 Å². The lowest BCUT2D eigenvalue weighted by Gasteiger charge is -2.13. The molecule has 0 aliphatic rings. The van der Waals surface area contributed by atoms with E-state index in [0.717, 1.165) is 5.56 Å². The van der Waals surface area contributed by atoms with E-state index in [1.54, 1.807) is 24.3 Å². The fraction of sp³-hybridized carbons (Fsp3) is 0.143. The van der Waals surface area contributed by atoms with Crippen LogP contribution in [0.4, 0.5) is 10.1 Å². The molecule has 0 aliphatic heterocycles. The number of phenols is 1. The van der Waals surface area contributed by atoms with Gasteiger partial charge in [0.2, 0.25) is 0 Å². The van der Waals surface area contributed by atoms with Gasteiger partial charge in [-0.15, -0.1) is 0 Å². The van der Waals surface area contributed by atoms with Crippen LogP contribution in [0, 0.1) is 5.82 Å². The van der Waals surface area contributed by atoms with Crippen molar-refractivity contribution >= 4 is 5.69 Å². The fourth-order valence-electron chi connectivity index (χ4n) is 1.85. The molecule has 0 spiro atoms. The molecule has 2 aromatic rings. The van der Waals surface area contributed by atoms with E-state index in [9.17, 15) is 14.6 Å². The predicted molar refractivity (Wildman–Crippen MR) is 67.6 cm³/mol. The second-order valence-corrected chi connectivity index (χ2v) is 4.16. The van der Waals surface area contributed by atoms with Gasteiger partial charge in [0, 0.05) is 17.7 Å². The van der Waals surface area contributed by atoms with E-state index >= 15 is 0 Å². The summed E-state index contributed by atoms with van der Waals surface area (Å²) in [4.78, 5) is 0. The van der Waals surface area contributed by atoms with Gasteiger partial charge in [0.25, 0.3) is 0 Å². The van der Waals surface area contributed by atoms with Crippen LogP contribution >= 0.6 is 0 Å². The van der Waals surface area contributed by atoms with E-state index in [4.69, 9.17) is 5.73 Å². The molecule has 0 saturated heterocycles. The van der Waals surface area contributed by atoms with Crippen molar-refractivity contribution in [1.82, 2.24) is 0 Å². The first-order chi connectivity index (χ1) is 8.56. The second-order valence-electron chi connectivity index (χ2n) is 4.16. The first-order valence-corrected chi connectivity index (χ1v) is 5.57. The van der Waals surface area contributed by atoms with E-state index in [-0.39, 0.29) is 12.2 Å². The van der Waals surface area contributed by atoms with Crippen molar-refractivity contribution in [3.63, 3.8) is 0 Å². The lowest BCUT2D eigenvalue weighted by Crippen LogP contribution is -2.05. The van der Waals surface area contributed by atoms with Crippen LogP contribution in [0.1, 0.15) is 17.2 Å². The summed E-state index contributed by atoms with van der Waals surface area (Å²) in [5, 5.41) is 19.4. The number of aromatic hydroxyl groups is 1. The minimum Gasteiger partial charge on any atom is -0.508 e. The molecule has 0 heterocycles. The highest BCUT2D eigenvalue weighted by atomic mass is 19.1. The van der Waals surface area contributed by atoms with Gasteiger partial charge in [0.05, 0.1) is 6.10 Å². The largest absolute Gasteiger partial charge is 0.508 e. The Bertz CT molecular complexity index is 557. The first kappa shape index (κ1) is 12.4. The molecular weight excluding hydrogens is 233 g/mol. The van der Waals surface area contributed by atoms with E-state index in [1.807, 2.05) is 0 Å². The summed E-state index contributed by atoms with van der Waals surface area (Å²) in [5.41, 5.74) is 7.16. The molecular formula is C14H14FNO2.